The summed E-state index contributed by atoms with van der Waals surface area (Å²) in [5, 5.41) is 3.25. The van der Waals surface area contributed by atoms with Crippen molar-refractivity contribution in [1.82, 2.24) is 15.1 Å². The summed E-state index contributed by atoms with van der Waals surface area (Å²) in [7, 11) is 0. The average Bonchev–Trinajstić information content (AvgIpc) is 3.66. The van der Waals surface area contributed by atoms with E-state index < -0.39 is 5.54 Å². The fourth-order valence-electron chi connectivity index (χ4n) is 7.39. The molecular formula is C28H33N3O5. The zero-order valence-corrected chi connectivity index (χ0v) is 20.5. The molecule has 190 valence electrons. The van der Waals surface area contributed by atoms with Crippen LogP contribution >= 0.6 is 0 Å². The summed E-state index contributed by atoms with van der Waals surface area (Å²) in [5.74, 6) is 1.75. The van der Waals surface area contributed by atoms with Gasteiger partial charge in [0, 0.05) is 50.3 Å². The lowest BCUT2D eigenvalue weighted by Gasteiger charge is -2.57. The summed E-state index contributed by atoms with van der Waals surface area (Å²) in [6, 6.07) is 10.1. The van der Waals surface area contributed by atoms with Gasteiger partial charge in [-0.2, -0.15) is 0 Å². The maximum atomic E-state index is 13.7. The number of carbonyl (C=O) groups is 2. The van der Waals surface area contributed by atoms with Crippen LogP contribution in [-0.2, 0) is 34.0 Å². The molecule has 2 unspecified atom stereocenters. The highest BCUT2D eigenvalue weighted by molar-refractivity contribution is 5.96. The molecule has 1 aliphatic carbocycles. The Morgan fingerprint density at radius 3 is 2.50 bits per heavy atom. The van der Waals surface area contributed by atoms with Crippen molar-refractivity contribution in [2.75, 3.05) is 39.4 Å². The molecule has 2 aromatic rings. The molecule has 36 heavy (non-hydrogen) atoms. The lowest BCUT2D eigenvalue weighted by Crippen LogP contribution is -2.69. The van der Waals surface area contributed by atoms with Gasteiger partial charge in [-0.05, 0) is 36.7 Å². The number of amides is 2. The maximum Gasteiger partial charge on any atom is 0.257 e. The molecule has 1 spiro atoms. The first-order chi connectivity index (χ1) is 17.6. The van der Waals surface area contributed by atoms with Crippen molar-refractivity contribution in [3.63, 3.8) is 0 Å². The van der Waals surface area contributed by atoms with Crippen molar-refractivity contribution in [2.45, 2.75) is 44.6 Å². The molecule has 7 rings (SSSR count). The van der Waals surface area contributed by atoms with Gasteiger partial charge < -0.3 is 24.1 Å². The second-order valence-electron chi connectivity index (χ2n) is 11.5. The molecule has 4 fully saturated rings. The Bertz CT molecular complexity index is 1150. The van der Waals surface area contributed by atoms with E-state index in [2.05, 4.69) is 10.2 Å². The van der Waals surface area contributed by atoms with Crippen LogP contribution in [0.2, 0.25) is 0 Å². The number of nitrogens with zero attached hydrogens (tertiary/aromatic N) is 2. The first kappa shape index (κ1) is 22.5. The normalized spacial score (nSPS) is 33.1. The summed E-state index contributed by atoms with van der Waals surface area (Å²) >= 11 is 0. The van der Waals surface area contributed by atoms with E-state index in [0.29, 0.717) is 37.2 Å². The molecule has 0 radical (unpaired) electrons. The van der Waals surface area contributed by atoms with Crippen LogP contribution in [0, 0.1) is 17.3 Å². The van der Waals surface area contributed by atoms with Crippen LogP contribution in [-0.4, -0.2) is 66.5 Å². The molecule has 8 heteroatoms. The number of rotatable bonds is 5. The van der Waals surface area contributed by atoms with E-state index in [1.807, 2.05) is 35.2 Å². The summed E-state index contributed by atoms with van der Waals surface area (Å²) in [6.45, 7) is 6.19. The van der Waals surface area contributed by atoms with E-state index in [1.165, 1.54) is 0 Å². The minimum atomic E-state index is -0.468. The zero-order valence-electron chi connectivity index (χ0n) is 20.5. The van der Waals surface area contributed by atoms with Crippen molar-refractivity contribution in [1.29, 1.82) is 0 Å². The SMILES string of the molecule is O=C(c1coc2c1COC2)N1CC2CN(C3(C(=O)NCc4ccccc4)CC4(CCOC4)C3)CC2C1. The summed E-state index contributed by atoms with van der Waals surface area (Å²) in [4.78, 5) is 31.4. The zero-order chi connectivity index (χ0) is 24.3. The average molecular weight is 492 g/mol. The minimum Gasteiger partial charge on any atom is -0.466 e. The van der Waals surface area contributed by atoms with Gasteiger partial charge in [-0.15, -0.1) is 0 Å². The highest BCUT2D eigenvalue weighted by Gasteiger charge is 2.64. The van der Waals surface area contributed by atoms with E-state index in [9.17, 15) is 9.59 Å². The number of fused-ring (bicyclic) bond motifs is 2. The molecule has 1 aromatic heterocycles. The van der Waals surface area contributed by atoms with Crippen LogP contribution in [0.4, 0.5) is 0 Å². The van der Waals surface area contributed by atoms with Crippen LogP contribution < -0.4 is 5.32 Å². The third kappa shape index (κ3) is 3.53. The van der Waals surface area contributed by atoms with Crippen LogP contribution in [0.15, 0.2) is 41.0 Å². The molecule has 5 aliphatic rings. The molecule has 1 aromatic carbocycles. The highest BCUT2D eigenvalue weighted by Crippen LogP contribution is 2.57. The number of likely N-dealkylation sites (tertiary alicyclic amines) is 2. The van der Waals surface area contributed by atoms with Gasteiger partial charge in [-0.3, -0.25) is 14.5 Å². The number of ether oxygens (including phenoxy) is 2. The van der Waals surface area contributed by atoms with Gasteiger partial charge in [0.05, 0.1) is 18.8 Å². The quantitative estimate of drug-likeness (QED) is 0.692. The molecule has 2 amide bonds. The number of hydrogen-bond donors (Lipinski definition) is 1. The molecule has 8 nitrogen and oxygen atoms in total. The van der Waals surface area contributed by atoms with Crippen molar-refractivity contribution in [3.8, 4) is 0 Å². The Balaban J connectivity index is 1.04. The van der Waals surface area contributed by atoms with E-state index >= 15 is 0 Å². The van der Waals surface area contributed by atoms with E-state index in [1.54, 1.807) is 6.26 Å². The smallest absolute Gasteiger partial charge is 0.257 e. The number of furan rings is 1. The van der Waals surface area contributed by atoms with Gasteiger partial charge in [0.2, 0.25) is 5.91 Å². The Kier molecular flexibility index (Phi) is 5.27. The van der Waals surface area contributed by atoms with Crippen LogP contribution in [0.5, 0.6) is 0 Å². The second-order valence-corrected chi connectivity index (χ2v) is 11.5. The Labute approximate surface area is 210 Å². The topological polar surface area (TPSA) is 84.2 Å². The third-order valence-electron chi connectivity index (χ3n) is 9.31. The monoisotopic (exact) mass is 491 g/mol. The number of hydrogen-bond acceptors (Lipinski definition) is 6. The predicted octanol–water partition coefficient (Wildman–Crippen LogP) is 2.57. The predicted molar refractivity (Wildman–Crippen MR) is 130 cm³/mol. The highest BCUT2D eigenvalue weighted by atomic mass is 16.5. The maximum absolute atomic E-state index is 13.7. The van der Waals surface area contributed by atoms with Gasteiger partial charge >= 0.3 is 0 Å². The van der Waals surface area contributed by atoms with Crippen molar-refractivity contribution in [2.24, 2.45) is 17.3 Å². The standard InChI is InChI=1S/C28H33N3O5/c32-25(23-14-36-24-15-35-13-22(23)24)30-9-20-11-31(12-21(20)10-30)28(16-27(17-28)6-7-34-18-27)26(33)29-8-19-4-2-1-3-5-19/h1-5,14,20-21H,6-13,15-18H2,(H,29,33). The molecule has 4 aliphatic heterocycles. The van der Waals surface area contributed by atoms with E-state index in [4.69, 9.17) is 13.9 Å². The Morgan fingerprint density at radius 2 is 1.78 bits per heavy atom. The van der Waals surface area contributed by atoms with Crippen LogP contribution in [0.3, 0.4) is 0 Å². The van der Waals surface area contributed by atoms with Crippen molar-refractivity contribution < 1.29 is 23.5 Å². The fourth-order valence-corrected chi connectivity index (χ4v) is 7.39. The van der Waals surface area contributed by atoms with E-state index in [0.717, 1.165) is 75.5 Å². The minimum absolute atomic E-state index is 0.0486. The molecule has 0 bridgehead atoms. The third-order valence-corrected chi connectivity index (χ3v) is 9.31. The second kappa shape index (κ2) is 8.43. The number of carbonyl (C=O) groups excluding carboxylic acids is 2. The summed E-state index contributed by atoms with van der Waals surface area (Å²) in [6.07, 6.45) is 4.37. The first-order valence-electron chi connectivity index (χ1n) is 13.2. The van der Waals surface area contributed by atoms with Gasteiger partial charge in [0.15, 0.2) is 0 Å². The summed E-state index contributed by atoms with van der Waals surface area (Å²) in [5.41, 5.74) is 2.35. The fraction of sp³-hybridized carbons (Fsp3) is 0.571. The first-order valence-corrected chi connectivity index (χ1v) is 13.2. The molecular weight excluding hydrogens is 458 g/mol. The lowest BCUT2D eigenvalue weighted by atomic mass is 9.55. The number of nitrogens with one attached hydrogen (secondary N) is 1. The molecule has 1 N–H and O–H groups in total. The van der Waals surface area contributed by atoms with E-state index in [-0.39, 0.29) is 17.2 Å². The Hall–Kier alpha value is -2.68. The molecule has 3 saturated heterocycles. The lowest BCUT2D eigenvalue weighted by molar-refractivity contribution is -0.153. The van der Waals surface area contributed by atoms with Gasteiger partial charge in [0.25, 0.3) is 5.91 Å². The van der Waals surface area contributed by atoms with Gasteiger partial charge in [-0.25, -0.2) is 0 Å². The number of benzene rings is 1. The van der Waals surface area contributed by atoms with Gasteiger partial charge in [-0.1, -0.05) is 30.3 Å². The van der Waals surface area contributed by atoms with Crippen LogP contribution in [0.25, 0.3) is 0 Å². The van der Waals surface area contributed by atoms with Crippen LogP contribution in [0.1, 0.15) is 46.5 Å². The van der Waals surface area contributed by atoms with Crippen molar-refractivity contribution in [3.05, 3.63) is 59.0 Å². The summed E-state index contributed by atoms with van der Waals surface area (Å²) < 4.78 is 16.7. The molecule has 2 atom stereocenters. The van der Waals surface area contributed by atoms with Gasteiger partial charge in [0.1, 0.15) is 24.2 Å². The Morgan fingerprint density at radius 1 is 1.00 bits per heavy atom. The largest absolute Gasteiger partial charge is 0.466 e. The molecule has 5 heterocycles. The van der Waals surface area contributed by atoms with Crippen molar-refractivity contribution >= 4 is 11.8 Å². The molecule has 1 saturated carbocycles.